The van der Waals surface area contributed by atoms with Gasteiger partial charge < -0.3 is 14.4 Å². The normalized spacial score (nSPS) is 17.9. The Morgan fingerprint density at radius 1 is 1.50 bits per heavy atom. The summed E-state index contributed by atoms with van der Waals surface area (Å²) in [7, 11) is 0. The molecule has 1 aliphatic heterocycles. The van der Waals surface area contributed by atoms with Crippen LogP contribution in [0.4, 0.5) is 0 Å². The molecule has 1 aliphatic rings. The Morgan fingerprint density at radius 3 is 3.04 bits per heavy atom. The first-order valence-electron chi connectivity index (χ1n) is 7.98. The minimum atomic E-state index is -0.150. The average Bonchev–Trinajstić information content (AvgIpc) is 2.97. The molecule has 2 aromatic rings. The summed E-state index contributed by atoms with van der Waals surface area (Å²) >= 11 is 5.70. The Balaban J connectivity index is 1.62. The summed E-state index contributed by atoms with van der Waals surface area (Å²) in [4.78, 5) is 33.0. The number of aromatic nitrogens is 3. The van der Waals surface area contributed by atoms with Gasteiger partial charge in [0.1, 0.15) is 11.6 Å². The number of nitrogens with one attached hydrogen (secondary N) is 1. The first-order chi connectivity index (χ1) is 11.5. The topological polar surface area (TPSA) is 92.1 Å². The monoisotopic (exact) mass is 350 g/mol. The minimum absolute atomic E-state index is 0.0637. The number of halogens is 1. The maximum atomic E-state index is 12.4. The predicted octanol–water partition coefficient (Wildman–Crippen LogP) is 2.06. The number of nitrogens with zero attached hydrogens (tertiary/aromatic N) is 3. The second-order valence-corrected chi connectivity index (χ2v) is 6.44. The van der Waals surface area contributed by atoms with Crippen molar-refractivity contribution in [2.24, 2.45) is 0 Å². The van der Waals surface area contributed by atoms with Crippen LogP contribution in [0.5, 0.6) is 0 Å². The van der Waals surface area contributed by atoms with Gasteiger partial charge in [0.2, 0.25) is 5.91 Å². The average molecular weight is 351 g/mol. The quantitative estimate of drug-likeness (QED) is 0.911. The maximum Gasteiger partial charge on any atom is 0.251 e. The Kier molecular flexibility index (Phi) is 4.99. The van der Waals surface area contributed by atoms with Gasteiger partial charge in [-0.3, -0.25) is 9.59 Å². The number of H-pyrrole nitrogens is 1. The minimum Gasteiger partial charge on any atom is -0.360 e. The fourth-order valence-electron chi connectivity index (χ4n) is 3.05. The van der Waals surface area contributed by atoms with Gasteiger partial charge in [-0.1, -0.05) is 16.8 Å². The third-order valence-corrected chi connectivity index (χ3v) is 4.37. The van der Waals surface area contributed by atoms with Gasteiger partial charge in [-0.15, -0.1) is 0 Å². The molecule has 3 heterocycles. The summed E-state index contributed by atoms with van der Waals surface area (Å²) in [6, 6.07) is 3.15. The highest BCUT2D eigenvalue weighted by Gasteiger charge is 2.26. The number of carbonyl (C=O) groups is 1. The molecule has 2 aromatic heterocycles. The van der Waals surface area contributed by atoms with Crippen molar-refractivity contribution in [2.45, 2.75) is 38.5 Å². The van der Waals surface area contributed by atoms with Gasteiger partial charge in [0.25, 0.3) is 5.56 Å². The van der Waals surface area contributed by atoms with Crippen molar-refractivity contribution < 1.29 is 9.32 Å². The number of aromatic amines is 1. The van der Waals surface area contributed by atoms with Crippen LogP contribution in [0.25, 0.3) is 0 Å². The summed E-state index contributed by atoms with van der Waals surface area (Å²) in [5.41, 5.74) is 0.610. The second kappa shape index (κ2) is 7.17. The molecular formula is C16H19ClN4O3. The number of hydrogen-bond donors (Lipinski definition) is 1. The highest BCUT2D eigenvalue weighted by Crippen LogP contribution is 2.25. The zero-order valence-corrected chi connectivity index (χ0v) is 14.2. The number of carbonyl (C=O) groups excluding carboxylic acids is 1. The lowest BCUT2D eigenvalue weighted by Gasteiger charge is -2.32. The maximum absolute atomic E-state index is 12.4. The van der Waals surface area contributed by atoms with Crippen molar-refractivity contribution in [3.63, 3.8) is 0 Å². The second-order valence-electron chi connectivity index (χ2n) is 6.05. The Hall–Kier alpha value is -2.15. The van der Waals surface area contributed by atoms with Crippen molar-refractivity contribution >= 4 is 17.5 Å². The van der Waals surface area contributed by atoms with E-state index in [1.54, 1.807) is 13.0 Å². The van der Waals surface area contributed by atoms with Crippen molar-refractivity contribution in [1.29, 1.82) is 0 Å². The highest BCUT2D eigenvalue weighted by atomic mass is 35.5. The van der Waals surface area contributed by atoms with Gasteiger partial charge in [0.15, 0.2) is 5.15 Å². The molecule has 1 atom stereocenters. The van der Waals surface area contributed by atoms with Gasteiger partial charge in [0, 0.05) is 44.0 Å². The van der Waals surface area contributed by atoms with E-state index in [-0.39, 0.29) is 17.4 Å². The molecule has 8 heteroatoms. The van der Waals surface area contributed by atoms with Crippen molar-refractivity contribution in [2.75, 3.05) is 13.1 Å². The number of rotatable bonds is 4. The first kappa shape index (κ1) is 16.7. The van der Waals surface area contributed by atoms with E-state index in [1.807, 2.05) is 4.90 Å². The van der Waals surface area contributed by atoms with Crippen LogP contribution in [0.3, 0.4) is 0 Å². The van der Waals surface area contributed by atoms with E-state index in [9.17, 15) is 9.59 Å². The number of aryl methyl sites for hydroxylation is 2. The fourth-order valence-corrected chi connectivity index (χ4v) is 3.21. The SMILES string of the molecule is Cc1nc(C2CCCN(C(=O)CCc3cc(Cl)no3)C2)cc(=O)[nH]1. The van der Waals surface area contributed by atoms with Crippen molar-refractivity contribution in [3.05, 3.63) is 44.9 Å². The van der Waals surface area contributed by atoms with Gasteiger partial charge in [-0.05, 0) is 19.8 Å². The third-order valence-electron chi connectivity index (χ3n) is 4.19. The Labute approximate surface area is 144 Å². The molecule has 0 saturated carbocycles. The summed E-state index contributed by atoms with van der Waals surface area (Å²) in [5.74, 6) is 1.37. The fraction of sp³-hybridized carbons (Fsp3) is 0.500. The third kappa shape index (κ3) is 4.03. The zero-order chi connectivity index (χ0) is 17.1. The molecule has 1 unspecified atom stereocenters. The molecule has 7 nitrogen and oxygen atoms in total. The lowest BCUT2D eigenvalue weighted by Crippen LogP contribution is -2.39. The van der Waals surface area contributed by atoms with Crippen LogP contribution in [-0.4, -0.2) is 39.0 Å². The Bertz CT molecular complexity index is 786. The van der Waals surface area contributed by atoms with E-state index >= 15 is 0 Å². The van der Waals surface area contributed by atoms with Crippen LogP contribution < -0.4 is 5.56 Å². The molecule has 24 heavy (non-hydrogen) atoms. The molecule has 1 saturated heterocycles. The smallest absolute Gasteiger partial charge is 0.251 e. The van der Waals surface area contributed by atoms with Crippen LogP contribution in [-0.2, 0) is 11.2 Å². The number of piperidine rings is 1. The number of likely N-dealkylation sites (tertiary alicyclic amines) is 1. The summed E-state index contributed by atoms with van der Waals surface area (Å²) in [5, 5.41) is 3.90. The van der Waals surface area contributed by atoms with Crippen LogP contribution in [0.1, 0.15) is 42.5 Å². The molecule has 128 valence electrons. The molecule has 0 aliphatic carbocycles. The molecular weight excluding hydrogens is 332 g/mol. The van der Waals surface area contributed by atoms with Crippen LogP contribution in [0.2, 0.25) is 5.15 Å². The van der Waals surface area contributed by atoms with E-state index in [2.05, 4.69) is 15.1 Å². The lowest BCUT2D eigenvalue weighted by atomic mass is 9.94. The summed E-state index contributed by atoms with van der Waals surface area (Å²) in [6.45, 7) is 3.08. The molecule has 0 spiro atoms. The molecule has 3 rings (SSSR count). The Morgan fingerprint density at radius 2 is 2.33 bits per heavy atom. The zero-order valence-electron chi connectivity index (χ0n) is 13.4. The number of hydrogen-bond acceptors (Lipinski definition) is 5. The summed E-state index contributed by atoms with van der Waals surface area (Å²) in [6.07, 6.45) is 2.65. The lowest BCUT2D eigenvalue weighted by molar-refractivity contribution is -0.132. The van der Waals surface area contributed by atoms with Crippen molar-refractivity contribution in [1.82, 2.24) is 20.0 Å². The van der Waals surface area contributed by atoms with Crippen LogP contribution in [0, 0.1) is 6.92 Å². The van der Waals surface area contributed by atoms with Crippen LogP contribution >= 0.6 is 11.6 Å². The largest absolute Gasteiger partial charge is 0.360 e. The predicted molar refractivity (Wildman–Crippen MR) is 88.0 cm³/mol. The van der Waals surface area contributed by atoms with Gasteiger partial charge in [-0.25, -0.2) is 4.98 Å². The van der Waals surface area contributed by atoms with E-state index in [1.165, 1.54) is 6.07 Å². The standard InChI is InChI=1S/C16H19ClN4O3/c1-10-18-13(8-15(22)19-10)11-3-2-6-21(9-11)16(23)5-4-12-7-14(17)20-24-12/h7-8,11H,2-6,9H2,1H3,(H,18,19,22). The molecule has 1 amide bonds. The van der Waals surface area contributed by atoms with Gasteiger partial charge >= 0.3 is 0 Å². The van der Waals surface area contributed by atoms with Crippen molar-refractivity contribution in [3.8, 4) is 0 Å². The van der Waals surface area contributed by atoms with E-state index < -0.39 is 0 Å². The van der Waals surface area contributed by atoms with Gasteiger partial charge in [-0.2, -0.15) is 0 Å². The molecule has 1 N–H and O–H groups in total. The van der Waals surface area contributed by atoms with E-state index in [4.69, 9.17) is 16.1 Å². The first-order valence-corrected chi connectivity index (χ1v) is 8.36. The summed E-state index contributed by atoms with van der Waals surface area (Å²) < 4.78 is 5.02. The van der Waals surface area contributed by atoms with Gasteiger partial charge in [0.05, 0.1) is 5.69 Å². The van der Waals surface area contributed by atoms with E-state index in [0.29, 0.717) is 36.1 Å². The molecule has 0 aromatic carbocycles. The van der Waals surface area contributed by atoms with Crippen LogP contribution in [0.15, 0.2) is 21.5 Å². The molecule has 0 bridgehead atoms. The van der Waals surface area contributed by atoms with E-state index in [0.717, 1.165) is 25.1 Å². The molecule has 1 fully saturated rings. The highest BCUT2D eigenvalue weighted by molar-refractivity contribution is 6.29. The number of amides is 1. The molecule has 0 radical (unpaired) electrons.